The molecule has 1 saturated heterocycles. The van der Waals surface area contributed by atoms with Crippen molar-refractivity contribution in [3.8, 4) is 28.8 Å². The van der Waals surface area contributed by atoms with E-state index in [0.29, 0.717) is 34.7 Å². The monoisotopic (exact) mass is 469 g/mol. The number of anilines is 2. The summed E-state index contributed by atoms with van der Waals surface area (Å²) < 4.78 is 30.3. The fraction of sp³-hybridized carbons (Fsp3) is 0.304. The van der Waals surface area contributed by atoms with Crippen LogP contribution in [0.5, 0.6) is 11.5 Å². The molecule has 0 aliphatic carbocycles. The summed E-state index contributed by atoms with van der Waals surface area (Å²) in [6.45, 7) is 1.98. The fourth-order valence-corrected chi connectivity index (χ4v) is 3.70. The molecule has 11 heteroatoms. The van der Waals surface area contributed by atoms with Crippen molar-refractivity contribution in [3.05, 3.63) is 54.8 Å². The highest BCUT2D eigenvalue weighted by molar-refractivity contribution is 5.65. The molecular weight excluding hydrogens is 441 g/mol. The van der Waals surface area contributed by atoms with Crippen molar-refractivity contribution in [2.75, 3.05) is 37.9 Å². The van der Waals surface area contributed by atoms with E-state index in [0.717, 1.165) is 13.1 Å². The standard InChI is InChI=1S/C14H14N4O3.C9H12FN3.H2/c1-19-9-5-3-6-10(20-2)12(9)18-13(16-17-14(18)15)11-7-4-8-21-11;10-8-6-11-9(12-7-8)13-4-2-1-3-5-13;/h3-8H,1-2H3,(H2,15,17);6-7H,1-5H2;1H. The summed E-state index contributed by atoms with van der Waals surface area (Å²) >= 11 is 0. The largest absolute Gasteiger partial charge is 0.494 e. The number of hydrogen-bond donors (Lipinski definition) is 1. The van der Waals surface area contributed by atoms with Crippen molar-refractivity contribution in [2.24, 2.45) is 0 Å². The summed E-state index contributed by atoms with van der Waals surface area (Å²) in [5.74, 6) is 2.70. The lowest BCUT2D eigenvalue weighted by Crippen LogP contribution is -2.30. The molecule has 4 heterocycles. The number of methoxy groups -OCH3 is 2. The summed E-state index contributed by atoms with van der Waals surface area (Å²) in [4.78, 5) is 9.98. The average Bonchev–Trinajstić information content (AvgIpc) is 3.54. The number of piperidine rings is 1. The SMILES string of the molecule is COc1cccc(OC)c1-n1c(N)nnc1-c1ccco1.Fc1cnc(N2CCCCC2)nc1.[HH]. The van der Waals surface area contributed by atoms with Crippen LogP contribution in [0.4, 0.5) is 16.3 Å². The van der Waals surface area contributed by atoms with E-state index in [2.05, 4.69) is 25.1 Å². The van der Waals surface area contributed by atoms with Gasteiger partial charge in [0.2, 0.25) is 17.7 Å². The van der Waals surface area contributed by atoms with Crippen molar-refractivity contribution in [2.45, 2.75) is 19.3 Å². The minimum atomic E-state index is -0.374. The van der Waals surface area contributed by atoms with Crippen LogP contribution in [0.3, 0.4) is 0 Å². The van der Waals surface area contributed by atoms with Crippen molar-refractivity contribution >= 4 is 11.9 Å². The fourth-order valence-electron chi connectivity index (χ4n) is 3.70. The van der Waals surface area contributed by atoms with E-state index in [-0.39, 0.29) is 13.2 Å². The predicted octanol–water partition coefficient (Wildman–Crippen LogP) is 3.98. The number of para-hydroxylation sites is 1. The van der Waals surface area contributed by atoms with Crippen LogP contribution in [0.1, 0.15) is 20.7 Å². The van der Waals surface area contributed by atoms with Gasteiger partial charge in [0, 0.05) is 14.5 Å². The molecule has 3 aromatic heterocycles. The zero-order valence-corrected chi connectivity index (χ0v) is 19.0. The van der Waals surface area contributed by atoms with Crippen molar-refractivity contribution in [1.82, 2.24) is 24.7 Å². The second-order valence-electron chi connectivity index (χ2n) is 7.45. The van der Waals surface area contributed by atoms with Gasteiger partial charge in [0.25, 0.3) is 0 Å². The molecule has 180 valence electrons. The molecule has 0 spiro atoms. The van der Waals surface area contributed by atoms with Crippen molar-refractivity contribution in [3.63, 3.8) is 0 Å². The zero-order chi connectivity index (χ0) is 23.9. The molecule has 1 aliphatic rings. The van der Waals surface area contributed by atoms with Crippen LogP contribution < -0.4 is 20.1 Å². The first-order valence-electron chi connectivity index (χ1n) is 10.8. The van der Waals surface area contributed by atoms with Gasteiger partial charge >= 0.3 is 0 Å². The van der Waals surface area contributed by atoms with Crippen LogP contribution >= 0.6 is 0 Å². The molecule has 1 fully saturated rings. The van der Waals surface area contributed by atoms with Gasteiger partial charge in [-0.1, -0.05) is 6.07 Å². The third-order valence-corrected chi connectivity index (χ3v) is 5.30. The maximum atomic E-state index is 12.5. The molecule has 0 saturated carbocycles. The molecule has 1 aliphatic heterocycles. The van der Waals surface area contributed by atoms with Gasteiger partial charge in [0.1, 0.15) is 17.2 Å². The Morgan fingerprint density at radius 3 is 2.24 bits per heavy atom. The van der Waals surface area contributed by atoms with Crippen LogP contribution in [-0.4, -0.2) is 52.0 Å². The minimum absolute atomic E-state index is 0. The summed E-state index contributed by atoms with van der Waals surface area (Å²) in [6, 6.07) is 8.99. The molecule has 0 bridgehead atoms. The number of rotatable bonds is 5. The molecule has 5 rings (SSSR count). The number of nitrogen functional groups attached to an aromatic ring is 1. The number of benzene rings is 1. The van der Waals surface area contributed by atoms with Crippen molar-refractivity contribution < 1.29 is 19.7 Å². The molecule has 1 aromatic carbocycles. The maximum Gasteiger partial charge on any atom is 0.227 e. The molecule has 4 aromatic rings. The molecular formula is C23H28FN7O3. The Morgan fingerprint density at radius 1 is 0.971 bits per heavy atom. The number of halogens is 1. The lowest BCUT2D eigenvalue weighted by molar-refractivity contribution is 0.391. The maximum absolute atomic E-state index is 12.5. The molecule has 0 unspecified atom stereocenters. The van der Waals surface area contributed by atoms with Gasteiger partial charge in [-0.15, -0.1) is 10.2 Å². The highest BCUT2D eigenvalue weighted by Gasteiger charge is 2.22. The van der Waals surface area contributed by atoms with E-state index in [9.17, 15) is 4.39 Å². The summed E-state index contributed by atoms with van der Waals surface area (Å²) in [5, 5.41) is 7.99. The molecule has 2 N–H and O–H groups in total. The first-order valence-corrected chi connectivity index (χ1v) is 10.8. The summed E-state index contributed by atoms with van der Waals surface area (Å²) in [6.07, 6.45) is 7.64. The van der Waals surface area contributed by atoms with Gasteiger partial charge in [-0.25, -0.2) is 14.4 Å². The number of ether oxygens (including phenoxy) is 2. The Hall–Kier alpha value is -4.15. The highest BCUT2D eigenvalue weighted by Crippen LogP contribution is 2.36. The van der Waals surface area contributed by atoms with Crippen molar-refractivity contribution in [1.29, 1.82) is 0 Å². The highest BCUT2D eigenvalue weighted by atomic mass is 19.1. The van der Waals surface area contributed by atoms with Crippen LogP contribution in [0.2, 0.25) is 0 Å². The topological polar surface area (TPSA) is 117 Å². The van der Waals surface area contributed by atoms with E-state index in [1.165, 1.54) is 31.7 Å². The quantitative estimate of drug-likeness (QED) is 0.463. The third-order valence-electron chi connectivity index (χ3n) is 5.30. The van der Waals surface area contributed by atoms with Gasteiger partial charge in [-0.3, -0.25) is 4.57 Å². The average molecular weight is 470 g/mol. The first kappa shape index (κ1) is 23.0. The molecule has 0 radical (unpaired) electrons. The van der Waals surface area contributed by atoms with E-state index in [1.54, 1.807) is 37.2 Å². The predicted molar refractivity (Wildman–Crippen MR) is 127 cm³/mol. The van der Waals surface area contributed by atoms with E-state index in [1.807, 2.05) is 18.2 Å². The lowest BCUT2D eigenvalue weighted by atomic mass is 10.1. The zero-order valence-electron chi connectivity index (χ0n) is 19.0. The third kappa shape index (κ3) is 4.92. The number of nitrogens with zero attached hydrogens (tertiary/aromatic N) is 6. The Balaban J connectivity index is 0.000000211. The normalized spacial score (nSPS) is 13.2. The summed E-state index contributed by atoms with van der Waals surface area (Å²) in [7, 11) is 3.15. The molecule has 34 heavy (non-hydrogen) atoms. The Morgan fingerprint density at radius 2 is 1.65 bits per heavy atom. The lowest BCUT2D eigenvalue weighted by Gasteiger charge is -2.26. The van der Waals surface area contributed by atoms with Gasteiger partial charge in [0.15, 0.2) is 11.6 Å². The van der Waals surface area contributed by atoms with Crippen LogP contribution in [0.25, 0.3) is 17.3 Å². The Kier molecular flexibility index (Phi) is 7.21. The van der Waals surface area contributed by atoms with Crippen LogP contribution in [0, 0.1) is 5.82 Å². The minimum Gasteiger partial charge on any atom is -0.494 e. The van der Waals surface area contributed by atoms with Crippen LogP contribution in [-0.2, 0) is 0 Å². The number of aromatic nitrogens is 5. The van der Waals surface area contributed by atoms with Gasteiger partial charge < -0.3 is 24.5 Å². The van der Waals surface area contributed by atoms with E-state index in [4.69, 9.17) is 19.6 Å². The smallest absolute Gasteiger partial charge is 0.227 e. The van der Waals surface area contributed by atoms with Crippen LogP contribution in [0.15, 0.2) is 53.4 Å². The number of hydrogen-bond acceptors (Lipinski definition) is 9. The molecule has 0 atom stereocenters. The Bertz CT molecular complexity index is 1170. The van der Waals surface area contributed by atoms with Gasteiger partial charge in [0.05, 0.1) is 32.9 Å². The second-order valence-corrected chi connectivity index (χ2v) is 7.45. The second kappa shape index (κ2) is 10.6. The number of nitrogens with two attached hydrogens (primary N) is 1. The van der Waals surface area contributed by atoms with Gasteiger partial charge in [-0.2, -0.15) is 0 Å². The Labute approximate surface area is 197 Å². The number of furan rings is 1. The van der Waals surface area contributed by atoms with Gasteiger partial charge in [-0.05, 0) is 43.5 Å². The van der Waals surface area contributed by atoms with E-state index < -0.39 is 0 Å². The molecule has 0 amide bonds. The van der Waals surface area contributed by atoms with E-state index >= 15 is 0 Å². The first-order chi connectivity index (χ1) is 16.6. The molecule has 10 nitrogen and oxygen atoms in total. The summed E-state index contributed by atoms with van der Waals surface area (Å²) in [5.41, 5.74) is 6.58.